The van der Waals surface area contributed by atoms with Gasteiger partial charge in [-0.25, -0.2) is 0 Å². The van der Waals surface area contributed by atoms with Crippen molar-refractivity contribution in [3.63, 3.8) is 0 Å². The van der Waals surface area contributed by atoms with Crippen molar-refractivity contribution in [2.75, 3.05) is 6.54 Å². The first kappa shape index (κ1) is 15.1. The topological polar surface area (TPSA) is 57.6 Å². The highest BCUT2D eigenvalue weighted by Crippen LogP contribution is 2.54. The van der Waals surface area contributed by atoms with E-state index in [0.717, 1.165) is 17.9 Å². The molecule has 0 saturated heterocycles. The molecule has 1 amide bonds. The molecule has 118 valence electrons. The molecular formula is C18H23NO3. The molecule has 22 heavy (non-hydrogen) atoms. The van der Waals surface area contributed by atoms with Gasteiger partial charge in [-0.15, -0.1) is 0 Å². The van der Waals surface area contributed by atoms with Crippen LogP contribution in [0.25, 0.3) is 0 Å². The summed E-state index contributed by atoms with van der Waals surface area (Å²) in [6, 6.07) is 9.94. The molecule has 1 N–H and O–H groups in total. The van der Waals surface area contributed by atoms with Crippen LogP contribution >= 0.6 is 0 Å². The van der Waals surface area contributed by atoms with Gasteiger partial charge in [0.1, 0.15) is 0 Å². The number of carboxylic acids is 1. The summed E-state index contributed by atoms with van der Waals surface area (Å²) in [7, 11) is 0. The van der Waals surface area contributed by atoms with E-state index in [-0.39, 0.29) is 18.2 Å². The fourth-order valence-electron chi connectivity index (χ4n) is 3.27. The third-order valence-corrected chi connectivity index (χ3v) is 4.73. The highest BCUT2D eigenvalue weighted by molar-refractivity contribution is 5.82. The van der Waals surface area contributed by atoms with Crippen LogP contribution < -0.4 is 0 Å². The van der Waals surface area contributed by atoms with E-state index in [1.54, 1.807) is 0 Å². The van der Waals surface area contributed by atoms with Crippen LogP contribution in [-0.4, -0.2) is 28.4 Å². The summed E-state index contributed by atoms with van der Waals surface area (Å²) in [5.74, 6) is 1.01. The summed E-state index contributed by atoms with van der Waals surface area (Å²) >= 11 is 0. The number of carbonyl (C=O) groups excluding carboxylic acids is 1. The van der Waals surface area contributed by atoms with Gasteiger partial charge in [0.15, 0.2) is 0 Å². The molecule has 2 aliphatic rings. The lowest BCUT2D eigenvalue weighted by Gasteiger charge is -2.23. The molecule has 0 spiro atoms. The zero-order chi connectivity index (χ0) is 15.5. The molecule has 2 fully saturated rings. The minimum atomic E-state index is -0.797. The first-order valence-electron chi connectivity index (χ1n) is 8.19. The number of hydrogen-bond donors (Lipinski definition) is 1. The van der Waals surface area contributed by atoms with E-state index < -0.39 is 5.97 Å². The lowest BCUT2D eigenvalue weighted by molar-refractivity contribution is -0.138. The second-order valence-electron chi connectivity index (χ2n) is 6.59. The van der Waals surface area contributed by atoms with Gasteiger partial charge in [-0.1, -0.05) is 30.3 Å². The molecular weight excluding hydrogens is 278 g/mol. The number of rotatable bonds is 8. The first-order valence-corrected chi connectivity index (χ1v) is 8.19. The number of carbonyl (C=O) groups is 2. The zero-order valence-electron chi connectivity index (χ0n) is 12.8. The molecule has 4 nitrogen and oxygen atoms in total. The summed E-state index contributed by atoms with van der Waals surface area (Å²) in [5, 5.41) is 8.80. The number of carboxylic acid groups (broad SMARTS) is 1. The summed E-state index contributed by atoms with van der Waals surface area (Å²) in [6.45, 7) is 1.13. The molecule has 0 radical (unpaired) electrons. The van der Waals surface area contributed by atoms with E-state index in [0.29, 0.717) is 25.4 Å². The van der Waals surface area contributed by atoms with Gasteiger partial charge in [0.05, 0.1) is 0 Å². The average molecular weight is 301 g/mol. The van der Waals surface area contributed by atoms with Crippen LogP contribution in [0.4, 0.5) is 0 Å². The Morgan fingerprint density at radius 2 is 1.91 bits per heavy atom. The standard InChI is InChI=1S/C18H23NO3/c20-17(21)7-4-10-19(12-13-5-2-1-3-6-13)18(22)16-11-15(16)14-8-9-14/h1-3,5-6,14-16H,4,7-12H2,(H,20,21)/t15-,16+/m0/s1. The summed E-state index contributed by atoms with van der Waals surface area (Å²) in [5.41, 5.74) is 1.11. The van der Waals surface area contributed by atoms with E-state index in [1.807, 2.05) is 35.2 Å². The maximum atomic E-state index is 12.7. The van der Waals surface area contributed by atoms with Gasteiger partial charge in [-0.3, -0.25) is 9.59 Å². The Morgan fingerprint density at radius 1 is 1.18 bits per heavy atom. The van der Waals surface area contributed by atoms with Crippen LogP contribution in [-0.2, 0) is 16.1 Å². The van der Waals surface area contributed by atoms with Crippen molar-refractivity contribution in [2.24, 2.45) is 17.8 Å². The monoisotopic (exact) mass is 301 g/mol. The van der Waals surface area contributed by atoms with Crippen molar-refractivity contribution >= 4 is 11.9 Å². The zero-order valence-corrected chi connectivity index (χ0v) is 12.8. The Labute approximate surface area is 131 Å². The summed E-state index contributed by atoms with van der Waals surface area (Å²) in [4.78, 5) is 25.3. The number of benzene rings is 1. The maximum Gasteiger partial charge on any atom is 0.303 e. The molecule has 2 aliphatic carbocycles. The van der Waals surface area contributed by atoms with Gasteiger partial charge < -0.3 is 10.0 Å². The molecule has 4 heteroatoms. The van der Waals surface area contributed by atoms with E-state index in [4.69, 9.17) is 5.11 Å². The molecule has 0 aromatic heterocycles. The predicted octanol–water partition coefficient (Wildman–Crippen LogP) is 2.93. The smallest absolute Gasteiger partial charge is 0.303 e. The van der Waals surface area contributed by atoms with Crippen LogP contribution in [0, 0.1) is 17.8 Å². The van der Waals surface area contributed by atoms with Crippen LogP contribution in [0.2, 0.25) is 0 Å². The Bertz CT molecular complexity index is 539. The SMILES string of the molecule is O=C(O)CCCN(Cc1ccccc1)C(=O)[C@@H]1C[C@H]1C1CC1. The van der Waals surface area contributed by atoms with Crippen LogP contribution in [0.1, 0.15) is 37.7 Å². The van der Waals surface area contributed by atoms with Gasteiger partial charge in [-0.2, -0.15) is 0 Å². The Morgan fingerprint density at radius 3 is 2.55 bits per heavy atom. The van der Waals surface area contributed by atoms with Gasteiger partial charge >= 0.3 is 5.97 Å². The highest BCUT2D eigenvalue weighted by atomic mass is 16.4. The molecule has 3 rings (SSSR count). The number of aliphatic carboxylic acids is 1. The highest BCUT2D eigenvalue weighted by Gasteiger charge is 2.52. The molecule has 0 aliphatic heterocycles. The second kappa shape index (κ2) is 6.51. The number of hydrogen-bond acceptors (Lipinski definition) is 2. The minimum absolute atomic E-state index is 0.120. The first-order chi connectivity index (χ1) is 10.6. The van der Waals surface area contributed by atoms with Crippen molar-refractivity contribution in [3.8, 4) is 0 Å². The molecule has 0 unspecified atom stereocenters. The lowest BCUT2D eigenvalue weighted by Crippen LogP contribution is -2.33. The average Bonchev–Trinajstić information content (AvgIpc) is 3.38. The lowest BCUT2D eigenvalue weighted by atomic mass is 10.1. The van der Waals surface area contributed by atoms with Crippen LogP contribution in [0.5, 0.6) is 0 Å². The van der Waals surface area contributed by atoms with Gasteiger partial charge in [0.2, 0.25) is 5.91 Å². The van der Waals surface area contributed by atoms with E-state index in [9.17, 15) is 9.59 Å². The van der Waals surface area contributed by atoms with E-state index in [1.165, 1.54) is 12.8 Å². The fourth-order valence-corrected chi connectivity index (χ4v) is 3.27. The predicted molar refractivity (Wildman–Crippen MR) is 83.0 cm³/mol. The molecule has 2 atom stereocenters. The Balaban J connectivity index is 1.60. The molecule has 2 saturated carbocycles. The van der Waals surface area contributed by atoms with Gasteiger partial charge in [0, 0.05) is 25.4 Å². The third-order valence-electron chi connectivity index (χ3n) is 4.73. The Hall–Kier alpha value is -1.84. The normalized spacial score (nSPS) is 23.1. The largest absolute Gasteiger partial charge is 0.481 e. The maximum absolute atomic E-state index is 12.7. The molecule has 0 bridgehead atoms. The van der Waals surface area contributed by atoms with E-state index >= 15 is 0 Å². The van der Waals surface area contributed by atoms with Crippen molar-refractivity contribution in [2.45, 2.75) is 38.6 Å². The van der Waals surface area contributed by atoms with E-state index in [2.05, 4.69) is 0 Å². The Kier molecular flexibility index (Phi) is 4.46. The van der Waals surface area contributed by atoms with Crippen molar-refractivity contribution in [1.82, 2.24) is 4.90 Å². The van der Waals surface area contributed by atoms with Crippen LogP contribution in [0.3, 0.4) is 0 Å². The fraction of sp³-hybridized carbons (Fsp3) is 0.556. The van der Waals surface area contributed by atoms with Crippen molar-refractivity contribution in [3.05, 3.63) is 35.9 Å². The van der Waals surface area contributed by atoms with Crippen molar-refractivity contribution in [1.29, 1.82) is 0 Å². The van der Waals surface area contributed by atoms with Crippen LogP contribution in [0.15, 0.2) is 30.3 Å². The number of nitrogens with zero attached hydrogens (tertiary/aromatic N) is 1. The van der Waals surface area contributed by atoms with Crippen molar-refractivity contribution < 1.29 is 14.7 Å². The second-order valence-corrected chi connectivity index (χ2v) is 6.59. The summed E-state index contributed by atoms with van der Waals surface area (Å²) < 4.78 is 0. The third kappa shape index (κ3) is 3.87. The summed E-state index contributed by atoms with van der Waals surface area (Å²) in [6.07, 6.45) is 4.25. The quantitative estimate of drug-likeness (QED) is 0.803. The minimum Gasteiger partial charge on any atom is -0.481 e. The van der Waals surface area contributed by atoms with Gasteiger partial charge in [0.25, 0.3) is 0 Å². The van der Waals surface area contributed by atoms with Gasteiger partial charge in [-0.05, 0) is 43.1 Å². The number of amides is 1. The molecule has 1 aromatic carbocycles. The molecule has 0 heterocycles. The molecule has 1 aromatic rings.